The number of hydrogen-bond acceptors (Lipinski definition) is 6. The zero-order valence-corrected chi connectivity index (χ0v) is 17.7. The highest BCUT2D eigenvalue weighted by atomic mass is 28.4. The second-order valence-corrected chi connectivity index (χ2v) is 13.9. The number of carbonyl (C=O) groups excluding carboxylic acids is 2. The minimum absolute atomic E-state index is 0.0313. The smallest absolute Gasteiger partial charge is 0.339 e. The Kier molecular flexibility index (Phi) is 5.45. The predicted octanol–water partition coefficient (Wildman–Crippen LogP) is 3.58. The Bertz CT molecular complexity index is 700. The number of pyridine rings is 1. The maximum Gasteiger partial charge on any atom is 0.339 e. The van der Waals surface area contributed by atoms with E-state index in [9.17, 15) is 9.59 Å². The third-order valence-corrected chi connectivity index (χ3v) is 10.8. The zero-order valence-electron chi connectivity index (χ0n) is 16.7. The van der Waals surface area contributed by atoms with Crippen LogP contribution in [0.2, 0.25) is 18.1 Å². The summed E-state index contributed by atoms with van der Waals surface area (Å²) in [5.41, 5.74) is 0.426. The van der Waals surface area contributed by atoms with Crippen LogP contribution in [-0.2, 0) is 18.7 Å². The van der Waals surface area contributed by atoms with Crippen molar-refractivity contribution in [1.82, 2.24) is 4.98 Å². The summed E-state index contributed by atoms with van der Waals surface area (Å²) >= 11 is 0. The summed E-state index contributed by atoms with van der Waals surface area (Å²) in [5.74, 6) is -0.541. The molecule has 0 bridgehead atoms. The van der Waals surface area contributed by atoms with Crippen molar-refractivity contribution in [3.05, 3.63) is 30.1 Å². The number of ether oxygens (including phenoxy) is 2. The quantitative estimate of drug-likeness (QED) is 0.564. The molecule has 7 heteroatoms. The Morgan fingerprint density at radius 2 is 2.11 bits per heavy atom. The Hall–Kier alpha value is -1.73. The average molecular weight is 392 g/mol. The molecule has 0 aromatic carbocycles. The van der Waals surface area contributed by atoms with Gasteiger partial charge in [0.2, 0.25) is 0 Å². The first kappa shape index (κ1) is 20.0. The molecule has 2 aliphatic rings. The summed E-state index contributed by atoms with van der Waals surface area (Å²) in [5, 5.41) is 0.0921. The molecule has 0 N–H and O–H groups in total. The van der Waals surface area contributed by atoms with Gasteiger partial charge in [-0.05, 0) is 30.3 Å². The largest absolute Gasteiger partial charge is 0.462 e. The summed E-state index contributed by atoms with van der Waals surface area (Å²) in [7, 11) is -1.94. The standard InChI is InChI=1S/C20H29NO5Si/c1-20(2,3)27(4,5)24-12-15-14-9-18(22)25-16(14)10-17(15)26-19(23)13-7-6-8-21-11-13/h6-8,11,14-17H,9-10,12H2,1-5H3/t14-,15-,16+,17-/m0/s1. The van der Waals surface area contributed by atoms with E-state index < -0.39 is 14.3 Å². The molecule has 1 aliphatic heterocycles. The minimum atomic E-state index is -1.94. The van der Waals surface area contributed by atoms with E-state index >= 15 is 0 Å². The molecular formula is C20H29NO5Si. The lowest BCUT2D eigenvalue weighted by atomic mass is 9.93. The van der Waals surface area contributed by atoms with Crippen molar-refractivity contribution < 1.29 is 23.5 Å². The van der Waals surface area contributed by atoms with Crippen LogP contribution in [0.4, 0.5) is 0 Å². The normalized spacial score (nSPS) is 28.0. The number of hydrogen-bond donors (Lipinski definition) is 0. The predicted molar refractivity (Wildman–Crippen MR) is 103 cm³/mol. The molecule has 4 atom stereocenters. The summed E-state index contributed by atoms with van der Waals surface area (Å²) in [6, 6.07) is 3.39. The molecule has 2 heterocycles. The van der Waals surface area contributed by atoms with Crippen molar-refractivity contribution in [3.8, 4) is 0 Å². The second-order valence-electron chi connectivity index (χ2n) is 9.05. The second kappa shape index (κ2) is 7.35. The Morgan fingerprint density at radius 3 is 2.74 bits per heavy atom. The molecule has 1 aromatic rings. The van der Waals surface area contributed by atoms with E-state index in [-0.39, 0.29) is 35.1 Å². The molecule has 2 fully saturated rings. The van der Waals surface area contributed by atoms with E-state index in [0.29, 0.717) is 25.0 Å². The van der Waals surface area contributed by atoms with Crippen molar-refractivity contribution in [2.75, 3.05) is 6.61 Å². The average Bonchev–Trinajstić information content (AvgIpc) is 3.08. The van der Waals surface area contributed by atoms with Crippen LogP contribution in [-0.4, -0.2) is 44.1 Å². The maximum atomic E-state index is 12.5. The topological polar surface area (TPSA) is 74.7 Å². The van der Waals surface area contributed by atoms with Gasteiger partial charge in [0.1, 0.15) is 12.2 Å². The highest BCUT2D eigenvalue weighted by Gasteiger charge is 2.52. The van der Waals surface area contributed by atoms with Crippen LogP contribution in [0.15, 0.2) is 24.5 Å². The highest BCUT2D eigenvalue weighted by Crippen LogP contribution is 2.44. The zero-order chi connectivity index (χ0) is 19.8. The van der Waals surface area contributed by atoms with Crippen molar-refractivity contribution >= 4 is 20.3 Å². The van der Waals surface area contributed by atoms with Crippen LogP contribution in [0.1, 0.15) is 44.0 Å². The van der Waals surface area contributed by atoms with Crippen molar-refractivity contribution in [2.45, 2.75) is 64.0 Å². The van der Waals surface area contributed by atoms with Gasteiger partial charge in [-0.25, -0.2) is 4.79 Å². The first-order chi connectivity index (χ1) is 12.6. The maximum absolute atomic E-state index is 12.5. The highest BCUT2D eigenvalue weighted by molar-refractivity contribution is 6.74. The van der Waals surface area contributed by atoms with Gasteiger partial charge in [0.15, 0.2) is 8.32 Å². The Morgan fingerprint density at radius 1 is 1.37 bits per heavy atom. The fraction of sp³-hybridized carbons (Fsp3) is 0.650. The number of fused-ring (bicyclic) bond motifs is 1. The molecule has 0 unspecified atom stereocenters. The van der Waals surface area contributed by atoms with E-state index in [0.717, 1.165) is 0 Å². The molecule has 27 heavy (non-hydrogen) atoms. The lowest BCUT2D eigenvalue weighted by Crippen LogP contribution is -2.43. The third-order valence-electron chi connectivity index (χ3n) is 6.25. The number of rotatable bonds is 5. The Balaban J connectivity index is 1.72. The van der Waals surface area contributed by atoms with Crippen LogP contribution in [0.3, 0.4) is 0 Å². The van der Waals surface area contributed by atoms with E-state index in [1.54, 1.807) is 18.3 Å². The Labute approximate surface area is 161 Å². The molecular weight excluding hydrogens is 362 g/mol. The molecule has 148 valence electrons. The van der Waals surface area contributed by atoms with Gasteiger partial charge >= 0.3 is 11.9 Å². The fourth-order valence-electron chi connectivity index (χ4n) is 3.53. The molecule has 1 saturated heterocycles. The summed E-state index contributed by atoms with van der Waals surface area (Å²) in [6.07, 6.45) is 3.53. The lowest BCUT2D eigenvalue weighted by Gasteiger charge is -2.38. The molecule has 0 radical (unpaired) electrons. The first-order valence-corrected chi connectivity index (χ1v) is 12.4. The van der Waals surface area contributed by atoms with Crippen LogP contribution >= 0.6 is 0 Å². The van der Waals surface area contributed by atoms with Gasteiger partial charge in [-0.1, -0.05) is 20.8 Å². The van der Waals surface area contributed by atoms with E-state index in [1.807, 2.05) is 0 Å². The van der Waals surface area contributed by atoms with Crippen LogP contribution in [0.5, 0.6) is 0 Å². The van der Waals surface area contributed by atoms with Gasteiger partial charge in [0.25, 0.3) is 0 Å². The monoisotopic (exact) mass is 391 g/mol. The van der Waals surface area contributed by atoms with Crippen LogP contribution in [0.25, 0.3) is 0 Å². The van der Waals surface area contributed by atoms with E-state index in [4.69, 9.17) is 13.9 Å². The van der Waals surface area contributed by atoms with Crippen LogP contribution in [0, 0.1) is 11.8 Å². The van der Waals surface area contributed by atoms with Gasteiger partial charge in [0.05, 0.1) is 12.0 Å². The summed E-state index contributed by atoms with van der Waals surface area (Å²) in [4.78, 5) is 28.2. The molecule has 1 aromatic heterocycles. The van der Waals surface area contributed by atoms with Gasteiger partial charge in [-0.15, -0.1) is 0 Å². The third kappa shape index (κ3) is 4.24. The SMILES string of the molecule is CC(C)(C)[Si](C)(C)OC[C@H]1[C@@H]2CC(=O)O[C@@H]2C[C@@H]1OC(=O)c1cccnc1. The van der Waals surface area contributed by atoms with E-state index in [1.165, 1.54) is 6.20 Å². The fourth-order valence-corrected chi connectivity index (χ4v) is 4.58. The summed E-state index contributed by atoms with van der Waals surface area (Å²) < 4.78 is 17.7. The van der Waals surface area contributed by atoms with Crippen molar-refractivity contribution in [1.29, 1.82) is 0 Å². The first-order valence-electron chi connectivity index (χ1n) is 9.53. The molecule has 0 amide bonds. The number of carbonyl (C=O) groups is 2. The number of nitrogens with zero attached hydrogens (tertiary/aromatic N) is 1. The van der Waals surface area contributed by atoms with E-state index in [2.05, 4.69) is 38.8 Å². The van der Waals surface area contributed by atoms with Crippen LogP contribution < -0.4 is 0 Å². The molecule has 0 spiro atoms. The van der Waals surface area contributed by atoms with Gasteiger partial charge in [-0.2, -0.15) is 0 Å². The number of aromatic nitrogens is 1. The van der Waals surface area contributed by atoms with Gasteiger partial charge in [-0.3, -0.25) is 9.78 Å². The molecule has 1 aliphatic carbocycles. The van der Waals surface area contributed by atoms with Gasteiger partial charge < -0.3 is 13.9 Å². The number of esters is 2. The van der Waals surface area contributed by atoms with Crippen molar-refractivity contribution in [3.63, 3.8) is 0 Å². The molecule has 6 nitrogen and oxygen atoms in total. The lowest BCUT2D eigenvalue weighted by molar-refractivity contribution is -0.141. The molecule has 1 saturated carbocycles. The van der Waals surface area contributed by atoms with Crippen molar-refractivity contribution in [2.24, 2.45) is 11.8 Å². The van der Waals surface area contributed by atoms with Gasteiger partial charge in [0, 0.05) is 37.3 Å². The minimum Gasteiger partial charge on any atom is -0.462 e. The molecule has 3 rings (SSSR count). The summed E-state index contributed by atoms with van der Waals surface area (Å²) in [6.45, 7) is 11.5.